The molecule has 0 unspecified atom stereocenters. The molecule has 0 radical (unpaired) electrons. The molecule has 8 heteroatoms. The summed E-state index contributed by atoms with van der Waals surface area (Å²) in [5, 5.41) is 5.82. The molecule has 1 spiro atoms. The van der Waals surface area contributed by atoms with Crippen molar-refractivity contribution in [1.29, 1.82) is 0 Å². The summed E-state index contributed by atoms with van der Waals surface area (Å²) in [5.41, 5.74) is 0.638. The number of benzene rings is 1. The summed E-state index contributed by atoms with van der Waals surface area (Å²) in [6.07, 6.45) is 2.21. The van der Waals surface area contributed by atoms with Gasteiger partial charge in [-0.05, 0) is 42.7 Å². The van der Waals surface area contributed by atoms with Crippen molar-refractivity contribution < 1.29 is 19.1 Å². The van der Waals surface area contributed by atoms with Gasteiger partial charge >= 0.3 is 6.03 Å². The van der Waals surface area contributed by atoms with E-state index in [0.717, 1.165) is 30.1 Å². The fourth-order valence-electron chi connectivity index (χ4n) is 5.64. The smallest absolute Gasteiger partial charge is 0.325 e. The Balaban J connectivity index is 1.46. The van der Waals surface area contributed by atoms with Crippen LogP contribution in [0.3, 0.4) is 0 Å². The first-order valence-corrected chi connectivity index (χ1v) is 11.0. The maximum absolute atomic E-state index is 13.3. The number of morpholine rings is 1. The lowest BCUT2D eigenvalue weighted by molar-refractivity contribution is -0.136. The van der Waals surface area contributed by atoms with Crippen LogP contribution in [-0.4, -0.2) is 61.1 Å². The van der Waals surface area contributed by atoms with Crippen LogP contribution < -0.4 is 15.5 Å². The molecule has 2 aliphatic heterocycles. The molecule has 3 fully saturated rings. The Morgan fingerprint density at radius 1 is 1.19 bits per heavy atom. The third kappa shape index (κ3) is 4.39. The molecule has 3 aliphatic rings. The fourth-order valence-corrected chi connectivity index (χ4v) is 5.64. The summed E-state index contributed by atoms with van der Waals surface area (Å²) < 4.78 is 5.41. The number of urea groups is 1. The van der Waals surface area contributed by atoms with Crippen molar-refractivity contribution in [2.45, 2.75) is 45.6 Å². The molecule has 1 aliphatic carbocycles. The van der Waals surface area contributed by atoms with Gasteiger partial charge in [0.05, 0.1) is 24.6 Å². The van der Waals surface area contributed by atoms with E-state index >= 15 is 0 Å². The standard InChI is InChI=1S/C23H32N4O4/c1-16-12-22(2,3)15-23(13-16)20(29)27(21(30)25-23)14-19(28)24-17-6-4-5-7-18(17)26-8-10-31-11-9-26/h4-7,16H,8-15H2,1-3H3,(H,24,28)(H,25,30)/t16-,23+/m1/s1. The number of amides is 4. The molecular formula is C23H32N4O4. The maximum atomic E-state index is 13.3. The molecular weight excluding hydrogens is 396 g/mol. The Kier molecular flexibility index (Phi) is 5.68. The van der Waals surface area contributed by atoms with Crippen LogP contribution in [0.15, 0.2) is 24.3 Å². The fraction of sp³-hybridized carbons (Fsp3) is 0.609. The minimum absolute atomic E-state index is 0.0457. The number of ether oxygens (including phenoxy) is 1. The normalized spacial score (nSPS) is 28.0. The predicted molar refractivity (Wildman–Crippen MR) is 118 cm³/mol. The summed E-state index contributed by atoms with van der Waals surface area (Å²) in [7, 11) is 0. The van der Waals surface area contributed by atoms with Gasteiger partial charge in [0.15, 0.2) is 0 Å². The third-order valence-electron chi connectivity index (χ3n) is 6.46. The maximum Gasteiger partial charge on any atom is 0.325 e. The van der Waals surface area contributed by atoms with Gasteiger partial charge in [-0.15, -0.1) is 0 Å². The number of carbonyl (C=O) groups excluding carboxylic acids is 3. The molecule has 1 aromatic rings. The number of anilines is 2. The summed E-state index contributed by atoms with van der Waals surface area (Å²) >= 11 is 0. The first kappa shape index (κ1) is 21.6. The Morgan fingerprint density at radius 3 is 2.61 bits per heavy atom. The summed E-state index contributed by atoms with van der Waals surface area (Å²) in [6, 6.07) is 7.09. The molecule has 2 saturated heterocycles. The molecule has 0 bridgehead atoms. The first-order valence-electron chi connectivity index (χ1n) is 11.0. The number of hydrogen-bond acceptors (Lipinski definition) is 5. The number of nitrogens with one attached hydrogen (secondary N) is 2. The second kappa shape index (κ2) is 8.15. The SMILES string of the molecule is C[C@@H]1CC(C)(C)C[C@]2(C1)NC(=O)N(CC(=O)Nc1ccccc1N1CCOCC1)C2=O. The Morgan fingerprint density at radius 2 is 1.90 bits per heavy atom. The Hall–Kier alpha value is -2.61. The van der Waals surface area contributed by atoms with Crippen molar-refractivity contribution in [3.8, 4) is 0 Å². The zero-order valence-electron chi connectivity index (χ0n) is 18.6. The van der Waals surface area contributed by atoms with Crippen LogP contribution in [0.2, 0.25) is 0 Å². The van der Waals surface area contributed by atoms with E-state index in [2.05, 4.69) is 36.3 Å². The molecule has 2 heterocycles. The zero-order chi connectivity index (χ0) is 22.2. The van der Waals surface area contributed by atoms with E-state index < -0.39 is 11.6 Å². The topological polar surface area (TPSA) is 91.0 Å². The molecule has 0 aromatic heterocycles. The van der Waals surface area contributed by atoms with Gasteiger partial charge in [-0.2, -0.15) is 0 Å². The molecule has 4 rings (SSSR count). The number of nitrogens with zero attached hydrogens (tertiary/aromatic N) is 2. The lowest BCUT2D eigenvalue weighted by Gasteiger charge is -2.43. The minimum Gasteiger partial charge on any atom is -0.378 e. The van der Waals surface area contributed by atoms with E-state index in [0.29, 0.717) is 37.7 Å². The van der Waals surface area contributed by atoms with Crippen molar-refractivity contribution in [3.63, 3.8) is 0 Å². The quantitative estimate of drug-likeness (QED) is 0.720. The van der Waals surface area contributed by atoms with Crippen molar-refractivity contribution in [2.75, 3.05) is 43.1 Å². The van der Waals surface area contributed by atoms with Crippen LogP contribution >= 0.6 is 0 Å². The van der Waals surface area contributed by atoms with Crippen LogP contribution in [0.1, 0.15) is 40.0 Å². The van der Waals surface area contributed by atoms with Gasteiger partial charge in [-0.3, -0.25) is 14.5 Å². The molecule has 2 atom stereocenters. The van der Waals surface area contributed by atoms with Gasteiger partial charge in [0.25, 0.3) is 5.91 Å². The number of rotatable bonds is 4. The van der Waals surface area contributed by atoms with Crippen LogP contribution in [0.25, 0.3) is 0 Å². The second-order valence-corrected chi connectivity index (χ2v) is 9.92. The Labute approximate surface area is 183 Å². The summed E-state index contributed by atoms with van der Waals surface area (Å²) in [4.78, 5) is 42.0. The molecule has 1 saturated carbocycles. The van der Waals surface area contributed by atoms with Crippen LogP contribution in [0.5, 0.6) is 0 Å². The van der Waals surface area contributed by atoms with Gasteiger partial charge in [-0.25, -0.2) is 4.79 Å². The van der Waals surface area contributed by atoms with Crippen LogP contribution in [0, 0.1) is 11.3 Å². The molecule has 8 nitrogen and oxygen atoms in total. The number of carbonyl (C=O) groups is 3. The van der Waals surface area contributed by atoms with E-state index in [1.54, 1.807) is 0 Å². The predicted octanol–water partition coefficient (Wildman–Crippen LogP) is 2.60. The summed E-state index contributed by atoms with van der Waals surface area (Å²) in [6.45, 7) is 8.85. The largest absolute Gasteiger partial charge is 0.378 e. The first-order chi connectivity index (χ1) is 14.7. The highest BCUT2D eigenvalue weighted by Gasteiger charge is 2.56. The van der Waals surface area contributed by atoms with Crippen molar-refractivity contribution >= 4 is 29.2 Å². The van der Waals surface area contributed by atoms with E-state index in [1.165, 1.54) is 0 Å². The van der Waals surface area contributed by atoms with Crippen molar-refractivity contribution in [2.24, 2.45) is 11.3 Å². The van der Waals surface area contributed by atoms with Gasteiger partial charge in [0.2, 0.25) is 5.91 Å². The highest BCUT2D eigenvalue weighted by molar-refractivity contribution is 6.10. The molecule has 2 N–H and O–H groups in total. The zero-order valence-corrected chi connectivity index (χ0v) is 18.6. The number of hydrogen-bond donors (Lipinski definition) is 2. The molecule has 31 heavy (non-hydrogen) atoms. The van der Waals surface area contributed by atoms with E-state index in [-0.39, 0.29) is 23.8 Å². The molecule has 1 aromatic carbocycles. The average molecular weight is 429 g/mol. The Bertz CT molecular complexity index is 880. The second-order valence-electron chi connectivity index (χ2n) is 9.92. The monoisotopic (exact) mass is 428 g/mol. The van der Waals surface area contributed by atoms with Crippen LogP contribution in [-0.2, 0) is 14.3 Å². The van der Waals surface area contributed by atoms with Crippen LogP contribution in [0.4, 0.5) is 16.2 Å². The minimum atomic E-state index is -0.899. The number of imide groups is 1. The average Bonchev–Trinajstić information content (AvgIpc) is 2.90. The number of para-hydroxylation sites is 2. The van der Waals surface area contributed by atoms with Gasteiger partial charge in [0, 0.05) is 13.1 Å². The van der Waals surface area contributed by atoms with E-state index in [9.17, 15) is 14.4 Å². The highest BCUT2D eigenvalue weighted by Crippen LogP contribution is 2.46. The lowest BCUT2D eigenvalue weighted by Crippen LogP contribution is -2.54. The van der Waals surface area contributed by atoms with E-state index in [1.807, 2.05) is 24.3 Å². The van der Waals surface area contributed by atoms with Gasteiger partial charge in [0.1, 0.15) is 12.1 Å². The summed E-state index contributed by atoms with van der Waals surface area (Å²) in [5.74, 6) is -0.347. The van der Waals surface area contributed by atoms with Gasteiger partial charge < -0.3 is 20.3 Å². The molecule has 4 amide bonds. The third-order valence-corrected chi connectivity index (χ3v) is 6.46. The van der Waals surface area contributed by atoms with E-state index in [4.69, 9.17) is 4.74 Å². The van der Waals surface area contributed by atoms with Crippen molar-refractivity contribution in [1.82, 2.24) is 10.2 Å². The molecule has 168 valence electrons. The lowest BCUT2D eigenvalue weighted by atomic mass is 9.64. The highest BCUT2D eigenvalue weighted by atomic mass is 16.5. The van der Waals surface area contributed by atoms with Gasteiger partial charge in [-0.1, -0.05) is 32.9 Å². The van der Waals surface area contributed by atoms with Crippen molar-refractivity contribution in [3.05, 3.63) is 24.3 Å².